The summed E-state index contributed by atoms with van der Waals surface area (Å²) in [5.74, 6) is 0. The molecule has 1 aromatic carbocycles. The van der Waals surface area contributed by atoms with E-state index in [1.165, 1.54) is 43.5 Å². The van der Waals surface area contributed by atoms with Gasteiger partial charge in [0, 0.05) is 18.6 Å². The zero-order chi connectivity index (χ0) is 13.7. The van der Waals surface area contributed by atoms with Gasteiger partial charge in [0.1, 0.15) is 0 Å². The van der Waals surface area contributed by atoms with Gasteiger partial charge in [-0.2, -0.15) is 0 Å². The number of hydrogen-bond donors (Lipinski definition) is 1. The number of nitrogens with one attached hydrogen (secondary N) is 1. The van der Waals surface area contributed by atoms with E-state index in [4.69, 9.17) is 0 Å². The van der Waals surface area contributed by atoms with Gasteiger partial charge in [-0.15, -0.1) is 0 Å². The average Bonchev–Trinajstić information content (AvgIpc) is 2.80. The minimum absolute atomic E-state index is 0.498. The Morgan fingerprint density at radius 2 is 2.26 bits per heavy atom. The van der Waals surface area contributed by atoms with Crippen LogP contribution in [0.2, 0.25) is 0 Å². The Bertz CT molecular complexity index is 389. The van der Waals surface area contributed by atoms with Gasteiger partial charge in [-0.25, -0.2) is 0 Å². The predicted octanol–water partition coefficient (Wildman–Crippen LogP) is 3.52. The molecule has 0 amide bonds. The van der Waals surface area contributed by atoms with Gasteiger partial charge in [0.05, 0.1) is 0 Å². The molecule has 2 nitrogen and oxygen atoms in total. The first-order valence-electron chi connectivity index (χ1n) is 7.74. The highest BCUT2D eigenvalue weighted by Gasteiger charge is 2.21. The predicted molar refractivity (Wildman–Crippen MR) is 82.5 cm³/mol. The SMILES string of the molecule is CCNC(CCN1CCCC1C)c1cccc(C)c1. The van der Waals surface area contributed by atoms with Crippen molar-refractivity contribution in [3.63, 3.8) is 0 Å². The van der Waals surface area contributed by atoms with E-state index in [1.54, 1.807) is 0 Å². The van der Waals surface area contributed by atoms with Gasteiger partial charge in [-0.05, 0) is 51.8 Å². The highest BCUT2D eigenvalue weighted by atomic mass is 15.2. The normalized spacial score (nSPS) is 21.7. The molecule has 0 aromatic heterocycles. The standard InChI is InChI=1S/C17H28N2/c1-4-18-17(16-9-5-7-14(2)13-16)10-12-19-11-6-8-15(19)3/h5,7,9,13,15,17-18H,4,6,8,10-12H2,1-3H3. The van der Waals surface area contributed by atoms with E-state index in [0.717, 1.165) is 12.6 Å². The molecule has 1 N–H and O–H groups in total. The fourth-order valence-corrected chi connectivity index (χ4v) is 3.14. The quantitative estimate of drug-likeness (QED) is 0.842. The van der Waals surface area contributed by atoms with Crippen molar-refractivity contribution in [3.05, 3.63) is 35.4 Å². The number of hydrogen-bond acceptors (Lipinski definition) is 2. The van der Waals surface area contributed by atoms with Gasteiger partial charge in [0.2, 0.25) is 0 Å². The summed E-state index contributed by atoms with van der Waals surface area (Å²) in [6.07, 6.45) is 3.95. The maximum absolute atomic E-state index is 3.64. The highest BCUT2D eigenvalue weighted by molar-refractivity contribution is 5.25. The maximum atomic E-state index is 3.64. The second kappa shape index (κ2) is 7.06. The Hall–Kier alpha value is -0.860. The van der Waals surface area contributed by atoms with Gasteiger partial charge in [0.15, 0.2) is 0 Å². The van der Waals surface area contributed by atoms with Crippen molar-refractivity contribution in [1.29, 1.82) is 0 Å². The molecule has 1 aliphatic rings. The molecule has 2 heteroatoms. The van der Waals surface area contributed by atoms with Gasteiger partial charge in [-0.3, -0.25) is 0 Å². The summed E-state index contributed by atoms with van der Waals surface area (Å²) < 4.78 is 0. The van der Waals surface area contributed by atoms with Crippen molar-refractivity contribution < 1.29 is 0 Å². The third kappa shape index (κ3) is 4.05. The van der Waals surface area contributed by atoms with Crippen LogP contribution in [0.3, 0.4) is 0 Å². The molecule has 1 fully saturated rings. The van der Waals surface area contributed by atoms with Crippen LogP contribution >= 0.6 is 0 Å². The number of nitrogens with zero attached hydrogens (tertiary/aromatic N) is 1. The van der Waals surface area contributed by atoms with Crippen molar-refractivity contribution in [3.8, 4) is 0 Å². The van der Waals surface area contributed by atoms with E-state index in [2.05, 4.69) is 55.3 Å². The Kier molecular flexibility index (Phi) is 5.41. The van der Waals surface area contributed by atoms with Crippen LogP contribution in [-0.2, 0) is 0 Å². The lowest BCUT2D eigenvalue weighted by atomic mass is 10.0. The number of aryl methyl sites for hydroxylation is 1. The van der Waals surface area contributed by atoms with Crippen LogP contribution in [-0.4, -0.2) is 30.6 Å². The second-order valence-electron chi connectivity index (χ2n) is 5.84. The van der Waals surface area contributed by atoms with Gasteiger partial charge >= 0.3 is 0 Å². The molecule has 2 atom stereocenters. The molecule has 1 saturated heterocycles. The highest BCUT2D eigenvalue weighted by Crippen LogP contribution is 2.22. The molecule has 0 bridgehead atoms. The van der Waals surface area contributed by atoms with E-state index in [9.17, 15) is 0 Å². The molecule has 19 heavy (non-hydrogen) atoms. The molecule has 1 aromatic rings. The van der Waals surface area contributed by atoms with E-state index >= 15 is 0 Å². The van der Waals surface area contributed by atoms with Crippen molar-refractivity contribution in [2.24, 2.45) is 0 Å². The molecule has 2 rings (SSSR count). The summed E-state index contributed by atoms with van der Waals surface area (Å²) in [5.41, 5.74) is 2.80. The van der Waals surface area contributed by atoms with Gasteiger partial charge in [-0.1, -0.05) is 36.8 Å². The second-order valence-corrected chi connectivity index (χ2v) is 5.84. The number of rotatable bonds is 6. The fourth-order valence-electron chi connectivity index (χ4n) is 3.14. The summed E-state index contributed by atoms with van der Waals surface area (Å²) in [4.78, 5) is 2.64. The summed E-state index contributed by atoms with van der Waals surface area (Å²) in [5, 5.41) is 3.64. The zero-order valence-electron chi connectivity index (χ0n) is 12.7. The smallest absolute Gasteiger partial charge is 0.0332 e. The lowest BCUT2D eigenvalue weighted by Gasteiger charge is -2.25. The molecular weight excluding hydrogens is 232 g/mol. The first-order valence-corrected chi connectivity index (χ1v) is 7.74. The van der Waals surface area contributed by atoms with Crippen LogP contribution in [0.25, 0.3) is 0 Å². The van der Waals surface area contributed by atoms with E-state index in [1.807, 2.05) is 0 Å². The first kappa shape index (κ1) is 14.5. The van der Waals surface area contributed by atoms with E-state index in [0.29, 0.717) is 6.04 Å². The minimum atomic E-state index is 0.498. The molecule has 1 heterocycles. The zero-order valence-corrected chi connectivity index (χ0v) is 12.7. The topological polar surface area (TPSA) is 15.3 Å². The summed E-state index contributed by atoms with van der Waals surface area (Å²) in [7, 11) is 0. The molecule has 1 aliphatic heterocycles. The van der Waals surface area contributed by atoms with Crippen LogP contribution < -0.4 is 5.32 Å². The largest absolute Gasteiger partial charge is 0.310 e. The van der Waals surface area contributed by atoms with Crippen molar-refractivity contribution in [2.45, 2.75) is 52.1 Å². The Balaban J connectivity index is 1.96. The molecule has 0 saturated carbocycles. The lowest BCUT2D eigenvalue weighted by Crippen LogP contribution is -2.31. The molecule has 106 valence electrons. The number of benzene rings is 1. The van der Waals surface area contributed by atoms with Gasteiger partial charge < -0.3 is 10.2 Å². The maximum Gasteiger partial charge on any atom is 0.0332 e. The van der Waals surface area contributed by atoms with Crippen LogP contribution in [0.4, 0.5) is 0 Å². The van der Waals surface area contributed by atoms with Crippen LogP contribution in [0, 0.1) is 6.92 Å². The molecular formula is C17H28N2. The van der Waals surface area contributed by atoms with Crippen LogP contribution in [0.15, 0.2) is 24.3 Å². The molecule has 2 unspecified atom stereocenters. The summed E-state index contributed by atoms with van der Waals surface area (Å²) in [6, 6.07) is 10.2. The van der Waals surface area contributed by atoms with Crippen molar-refractivity contribution in [2.75, 3.05) is 19.6 Å². The van der Waals surface area contributed by atoms with Crippen molar-refractivity contribution >= 4 is 0 Å². The first-order chi connectivity index (χ1) is 9.20. The molecule has 0 aliphatic carbocycles. The third-order valence-electron chi connectivity index (χ3n) is 4.29. The van der Waals surface area contributed by atoms with E-state index in [-0.39, 0.29) is 0 Å². The number of likely N-dealkylation sites (tertiary alicyclic amines) is 1. The van der Waals surface area contributed by atoms with Crippen molar-refractivity contribution in [1.82, 2.24) is 10.2 Å². The van der Waals surface area contributed by atoms with Crippen LogP contribution in [0.5, 0.6) is 0 Å². The minimum Gasteiger partial charge on any atom is -0.310 e. The Labute approximate surface area is 118 Å². The summed E-state index contributed by atoms with van der Waals surface area (Å²) >= 11 is 0. The fraction of sp³-hybridized carbons (Fsp3) is 0.647. The monoisotopic (exact) mass is 260 g/mol. The lowest BCUT2D eigenvalue weighted by molar-refractivity contribution is 0.252. The van der Waals surface area contributed by atoms with Gasteiger partial charge in [0.25, 0.3) is 0 Å². The molecule has 0 radical (unpaired) electrons. The average molecular weight is 260 g/mol. The Morgan fingerprint density at radius 3 is 2.89 bits per heavy atom. The van der Waals surface area contributed by atoms with E-state index < -0.39 is 0 Å². The Morgan fingerprint density at radius 1 is 1.42 bits per heavy atom. The third-order valence-corrected chi connectivity index (χ3v) is 4.29. The van der Waals surface area contributed by atoms with Crippen LogP contribution in [0.1, 0.15) is 50.3 Å². The summed E-state index contributed by atoms with van der Waals surface area (Å²) in [6.45, 7) is 10.3. The molecule has 0 spiro atoms.